The second-order valence-corrected chi connectivity index (χ2v) is 2.53. The molecular weight excluding hydrogens is 182 g/mol. The van der Waals surface area contributed by atoms with Gasteiger partial charge in [-0.25, -0.2) is 4.79 Å². The Labute approximate surface area is 82.9 Å². The number of carbonyl (C=O) groups is 1. The highest BCUT2D eigenvalue weighted by atomic mass is 16.5. The van der Waals surface area contributed by atoms with E-state index in [9.17, 15) is 4.79 Å². The number of esters is 1. The van der Waals surface area contributed by atoms with Crippen molar-refractivity contribution in [2.75, 3.05) is 13.2 Å². The Kier molecular flexibility index (Phi) is 3.91. The van der Waals surface area contributed by atoms with Crippen molar-refractivity contribution in [3.63, 3.8) is 0 Å². The minimum Gasteiger partial charge on any atom is -0.491 e. The lowest BCUT2D eigenvalue weighted by Crippen LogP contribution is -2.07. The fourth-order valence-corrected chi connectivity index (χ4v) is 1.03. The first-order valence-corrected chi connectivity index (χ1v) is 4.53. The Hall–Kier alpha value is -1.58. The van der Waals surface area contributed by atoms with Gasteiger partial charge >= 0.3 is 5.97 Å². The molecule has 0 saturated carbocycles. The van der Waals surface area contributed by atoms with Gasteiger partial charge in [0.25, 0.3) is 0 Å². The molecule has 1 rings (SSSR count). The lowest BCUT2D eigenvalue weighted by atomic mass is 10.2. The zero-order valence-electron chi connectivity index (χ0n) is 8.32. The predicted molar refractivity (Wildman–Crippen MR) is 51.4 cm³/mol. The fourth-order valence-electron chi connectivity index (χ4n) is 1.03. The summed E-state index contributed by atoms with van der Waals surface area (Å²) in [5.41, 5.74) is 0.420. The van der Waals surface area contributed by atoms with Crippen LogP contribution in [0.5, 0.6) is 5.75 Å². The standard InChI is InChI=1S/C10H13NO3/c1-3-13-9-7-11-6-5-8(9)10(12)14-4-2/h5-7H,3-4H2,1-2H3. The maximum Gasteiger partial charge on any atom is 0.342 e. The molecule has 0 saturated heterocycles. The molecule has 0 unspecified atom stereocenters. The second kappa shape index (κ2) is 5.21. The molecule has 14 heavy (non-hydrogen) atoms. The van der Waals surface area contributed by atoms with E-state index >= 15 is 0 Å². The molecule has 0 aliphatic heterocycles. The third-order valence-electron chi connectivity index (χ3n) is 1.58. The zero-order valence-corrected chi connectivity index (χ0v) is 8.32. The molecular formula is C10H13NO3. The van der Waals surface area contributed by atoms with Crippen LogP contribution in [0.3, 0.4) is 0 Å². The molecule has 0 aromatic carbocycles. The molecule has 76 valence electrons. The van der Waals surface area contributed by atoms with Gasteiger partial charge in [0.15, 0.2) is 5.75 Å². The largest absolute Gasteiger partial charge is 0.491 e. The van der Waals surface area contributed by atoms with E-state index in [1.807, 2.05) is 6.92 Å². The molecule has 0 spiro atoms. The van der Waals surface area contributed by atoms with E-state index in [-0.39, 0.29) is 5.97 Å². The van der Waals surface area contributed by atoms with Gasteiger partial charge in [0, 0.05) is 6.20 Å². The average Bonchev–Trinajstić information content (AvgIpc) is 2.19. The molecule has 0 aliphatic carbocycles. The molecule has 0 fully saturated rings. The number of carbonyl (C=O) groups excluding carboxylic acids is 1. The van der Waals surface area contributed by atoms with Crippen molar-refractivity contribution >= 4 is 5.97 Å². The second-order valence-electron chi connectivity index (χ2n) is 2.53. The molecule has 0 amide bonds. The third-order valence-corrected chi connectivity index (χ3v) is 1.58. The Balaban J connectivity index is 2.88. The van der Waals surface area contributed by atoms with E-state index in [0.29, 0.717) is 24.5 Å². The Bertz CT molecular complexity index is 312. The van der Waals surface area contributed by atoms with E-state index < -0.39 is 0 Å². The van der Waals surface area contributed by atoms with Crippen LogP contribution in [0.25, 0.3) is 0 Å². The zero-order chi connectivity index (χ0) is 10.4. The fraction of sp³-hybridized carbons (Fsp3) is 0.400. The van der Waals surface area contributed by atoms with E-state index in [1.54, 1.807) is 13.0 Å². The summed E-state index contributed by atoms with van der Waals surface area (Å²) in [6.07, 6.45) is 3.05. The molecule has 4 nitrogen and oxygen atoms in total. The van der Waals surface area contributed by atoms with E-state index in [4.69, 9.17) is 9.47 Å². The van der Waals surface area contributed by atoms with Gasteiger partial charge in [0.05, 0.1) is 19.4 Å². The van der Waals surface area contributed by atoms with Crippen LogP contribution in [-0.2, 0) is 4.74 Å². The number of ether oxygens (including phenoxy) is 2. The summed E-state index contributed by atoms with van der Waals surface area (Å²) in [5.74, 6) is 0.0896. The van der Waals surface area contributed by atoms with Gasteiger partial charge in [0.2, 0.25) is 0 Å². The molecule has 0 aliphatic rings. The minimum atomic E-state index is -0.377. The summed E-state index contributed by atoms with van der Waals surface area (Å²) < 4.78 is 10.1. The third kappa shape index (κ3) is 2.45. The monoisotopic (exact) mass is 195 g/mol. The number of hydrogen-bond acceptors (Lipinski definition) is 4. The SMILES string of the molecule is CCOC(=O)c1ccncc1OCC. The van der Waals surface area contributed by atoms with Crippen LogP contribution >= 0.6 is 0 Å². The highest BCUT2D eigenvalue weighted by Gasteiger charge is 2.12. The Morgan fingerprint density at radius 2 is 2.21 bits per heavy atom. The minimum absolute atomic E-state index is 0.354. The number of hydrogen-bond donors (Lipinski definition) is 0. The normalized spacial score (nSPS) is 9.57. The molecule has 0 atom stereocenters. The molecule has 1 heterocycles. The van der Waals surface area contributed by atoms with Crippen LogP contribution < -0.4 is 4.74 Å². The van der Waals surface area contributed by atoms with Crippen LogP contribution in [0.2, 0.25) is 0 Å². The van der Waals surface area contributed by atoms with Gasteiger partial charge in [-0.1, -0.05) is 0 Å². The summed E-state index contributed by atoms with van der Waals surface area (Å²) in [4.78, 5) is 15.3. The van der Waals surface area contributed by atoms with E-state index in [2.05, 4.69) is 4.98 Å². The van der Waals surface area contributed by atoms with Crippen molar-refractivity contribution in [3.8, 4) is 5.75 Å². The van der Waals surface area contributed by atoms with Gasteiger partial charge < -0.3 is 9.47 Å². The molecule has 0 radical (unpaired) electrons. The van der Waals surface area contributed by atoms with Gasteiger partial charge in [-0.15, -0.1) is 0 Å². The van der Waals surface area contributed by atoms with Crippen LogP contribution in [-0.4, -0.2) is 24.2 Å². The van der Waals surface area contributed by atoms with Crippen LogP contribution in [0, 0.1) is 0 Å². The van der Waals surface area contributed by atoms with Crippen molar-refractivity contribution in [1.82, 2.24) is 4.98 Å². The number of aromatic nitrogens is 1. The molecule has 4 heteroatoms. The molecule has 0 N–H and O–H groups in total. The molecule has 1 aromatic rings. The number of nitrogens with zero attached hydrogens (tertiary/aromatic N) is 1. The van der Waals surface area contributed by atoms with E-state index in [0.717, 1.165) is 0 Å². The van der Waals surface area contributed by atoms with Crippen molar-refractivity contribution in [3.05, 3.63) is 24.0 Å². The van der Waals surface area contributed by atoms with Gasteiger partial charge in [-0.05, 0) is 19.9 Å². The molecule has 0 bridgehead atoms. The highest BCUT2D eigenvalue weighted by Crippen LogP contribution is 2.17. The van der Waals surface area contributed by atoms with Gasteiger partial charge in [-0.2, -0.15) is 0 Å². The lowest BCUT2D eigenvalue weighted by molar-refractivity contribution is 0.0522. The quantitative estimate of drug-likeness (QED) is 0.685. The Morgan fingerprint density at radius 1 is 1.43 bits per heavy atom. The summed E-state index contributed by atoms with van der Waals surface area (Å²) >= 11 is 0. The van der Waals surface area contributed by atoms with Crippen LogP contribution in [0.4, 0.5) is 0 Å². The highest BCUT2D eigenvalue weighted by molar-refractivity contribution is 5.92. The van der Waals surface area contributed by atoms with Crippen molar-refractivity contribution < 1.29 is 14.3 Å². The first-order chi connectivity index (χ1) is 6.79. The summed E-state index contributed by atoms with van der Waals surface area (Å²) in [5, 5.41) is 0. The van der Waals surface area contributed by atoms with E-state index in [1.165, 1.54) is 12.4 Å². The van der Waals surface area contributed by atoms with Gasteiger partial charge in [0.1, 0.15) is 5.56 Å². The summed E-state index contributed by atoms with van der Waals surface area (Å²) in [6, 6.07) is 1.59. The van der Waals surface area contributed by atoms with Gasteiger partial charge in [-0.3, -0.25) is 4.98 Å². The average molecular weight is 195 g/mol. The van der Waals surface area contributed by atoms with Crippen LogP contribution in [0.1, 0.15) is 24.2 Å². The lowest BCUT2D eigenvalue weighted by Gasteiger charge is -2.07. The summed E-state index contributed by atoms with van der Waals surface area (Å²) in [7, 11) is 0. The number of pyridine rings is 1. The predicted octanol–water partition coefficient (Wildman–Crippen LogP) is 1.66. The topological polar surface area (TPSA) is 48.4 Å². The van der Waals surface area contributed by atoms with Crippen molar-refractivity contribution in [1.29, 1.82) is 0 Å². The molecule has 1 aromatic heterocycles. The maximum atomic E-state index is 11.4. The van der Waals surface area contributed by atoms with Crippen LogP contribution in [0.15, 0.2) is 18.5 Å². The van der Waals surface area contributed by atoms with Crippen molar-refractivity contribution in [2.45, 2.75) is 13.8 Å². The summed E-state index contributed by atoms with van der Waals surface area (Å²) in [6.45, 7) is 4.46. The first-order valence-electron chi connectivity index (χ1n) is 4.53. The number of rotatable bonds is 4. The Morgan fingerprint density at radius 3 is 2.86 bits per heavy atom. The smallest absolute Gasteiger partial charge is 0.342 e. The van der Waals surface area contributed by atoms with Crippen molar-refractivity contribution in [2.24, 2.45) is 0 Å². The maximum absolute atomic E-state index is 11.4. The first kappa shape index (κ1) is 10.5.